The van der Waals surface area contributed by atoms with Gasteiger partial charge in [-0.15, -0.1) is 11.3 Å². The van der Waals surface area contributed by atoms with Gasteiger partial charge in [0.2, 0.25) is 0 Å². The Balaban J connectivity index is 2.07. The van der Waals surface area contributed by atoms with E-state index in [4.69, 9.17) is 23.2 Å². The summed E-state index contributed by atoms with van der Waals surface area (Å²) < 4.78 is 0. The average Bonchev–Trinajstić information content (AvgIpc) is 2.94. The van der Waals surface area contributed by atoms with Gasteiger partial charge in [0.25, 0.3) is 0 Å². The van der Waals surface area contributed by atoms with Gasteiger partial charge in [-0.25, -0.2) is 9.97 Å². The van der Waals surface area contributed by atoms with Gasteiger partial charge < -0.3 is 10.6 Å². The van der Waals surface area contributed by atoms with Crippen LogP contribution in [0.3, 0.4) is 0 Å². The second-order valence-electron chi connectivity index (χ2n) is 4.33. The third-order valence-electron chi connectivity index (χ3n) is 2.72. The van der Waals surface area contributed by atoms with Crippen LogP contribution < -0.4 is 10.6 Å². The maximum Gasteiger partial charge on any atom is 0.147 e. The molecule has 0 saturated heterocycles. The second-order valence-corrected chi connectivity index (χ2v) is 6.07. The Bertz CT molecular complexity index is 560. The largest absolute Gasteiger partial charge is 0.369 e. The number of aromatic nitrogens is 2. The number of anilines is 2. The third-order valence-corrected chi connectivity index (χ3v) is 4.31. The number of thiazole rings is 1. The number of halogens is 2. The van der Waals surface area contributed by atoms with Crippen molar-refractivity contribution in [3.63, 3.8) is 0 Å². The summed E-state index contributed by atoms with van der Waals surface area (Å²) in [6.45, 7) is 5.57. The molecule has 0 radical (unpaired) electrons. The zero-order chi connectivity index (χ0) is 14.5. The summed E-state index contributed by atoms with van der Waals surface area (Å²) in [7, 11) is 0. The van der Waals surface area contributed by atoms with Crippen molar-refractivity contribution in [2.75, 3.05) is 23.7 Å². The molecule has 0 bridgehead atoms. The van der Waals surface area contributed by atoms with Crippen LogP contribution in [0, 0.1) is 0 Å². The van der Waals surface area contributed by atoms with Gasteiger partial charge in [-0.3, -0.25) is 0 Å². The minimum Gasteiger partial charge on any atom is -0.369 e. The second kappa shape index (κ2) is 7.11. The summed E-state index contributed by atoms with van der Waals surface area (Å²) in [6.07, 6.45) is 1.81. The lowest BCUT2D eigenvalue weighted by molar-refractivity contribution is 0.792. The third kappa shape index (κ3) is 3.75. The molecule has 2 aromatic rings. The van der Waals surface area contributed by atoms with E-state index in [2.05, 4.69) is 27.5 Å². The zero-order valence-corrected chi connectivity index (χ0v) is 13.6. The van der Waals surface area contributed by atoms with Gasteiger partial charge in [0.1, 0.15) is 11.6 Å². The van der Waals surface area contributed by atoms with Gasteiger partial charge in [0.05, 0.1) is 15.1 Å². The molecule has 0 amide bonds. The first-order chi connectivity index (χ1) is 9.61. The highest BCUT2D eigenvalue weighted by Crippen LogP contribution is 2.29. The lowest BCUT2D eigenvalue weighted by Crippen LogP contribution is -2.12. The van der Waals surface area contributed by atoms with Crippen molar-refractivity contribution in [3.05, 3.63) is 32.7 Å². The molecule has 2 N–H and O–H groups in total. The summed E-state index contributed by atoms with van der Waals surface area (Å²) in [4.78, 5) is 8.72. The van der Waals surface area contributed by atoms with Crippen molar-refractivity contribution in [1.29, 1.82) is 0 Å². The molecule has 108 valence electrons. The van der Waals surface area contributed by atoms with Crippen molar-refractivity contribution in [3.8, 4) is 0 Å². The van der Waals surface area contributed by atoms with Crippen LogP contribution in [0.5, 0.6) is 0 Å². The van der Waals surface area contributed by atoms with E-state index in [1.807, 2.05) is 18.5 Å². The minimum atomic E-state index is 0.297. The molecule has 4 nitrogen and oxygen atoms in total. The SMILES string of the molecule is CCNc1nc(NCC(C)c2nccs2)c(Cl)cc1Cl. The fraction of sp³-hybridized carbons (Fsp3) is 0.385. The van der Waals surface area contributed by atoms with E-state index in [1.165, 1.54) is 0 Å². The Labute approximate surface area is 132 Å². The smallest absolute Gasteiger partial charge is 0.147 e. The minimum absolute atomic E-state index is 0.297. The molecule has 0 saturated carbocycles. The van der Waals surface area contributed by atoms with Crippen LogP contribution in [-0.4, -0.2) is 23.1 Å². The molecule has 0 aromatic carbocycles. The topological polar surface area (TPSA) is 49.8 Å². The molecule has 7 heteroatoms. The van der Waals surface area contributed by atoms with Crippen LogP contribution in [0.25, 0.3) is 0 Å². The molecule has 0 aliphatic carbocycles. The summed E-state index contributed by atoms with van der Waals surface area (Å²) in [5, 5.41) is 10.5. The van der Waals surface area contributed by atoms with E-state index in [0.29, 0.717) is 34.1 Å². The van der Waals surface area contributed by atoms with Crippen molar-refractivity contribution in [1.82, 2.24) is 9.97 Å². The van der Waals surface area contributed by atoms with E-state index in [9.17, 15) is 0 Å². The van der Waals surface area contributed by atoms with E-state index >= 15 is 0 Å². The molecular formula is C13H16Cl2N4S. The Morgan fingerprint density at radius 2 is 1.95 bits per heavy atom. The number of pyridine rings is 1. The van der Waals surface area contributed by atoms with Crippen LogP contribution >= 0.6 is 34.5 Å². The number of nitrogens with zero attached hydrogens (tertiary/aromatic N) is 2. The molecule has 2 heterocycles. The lowest BCUT2D eigenvalue weighted by Gasteiger charge is -2.14. The van der Waals surface area contributed by atoms with Crippen LogP contribution in [-0.2, 0) is 0 Å². The quantitative estimate of drug-likeness (QED) is 0.819. The number of rotatable bonds is 6. The van der Waals surface area contributed by atoms with Gasteiger partial charge >= 0.3 is 0 Å². The van der Waals surface area contributed by atoms with Crippen LogP contribution in [0.1, 0.15) is 24.8 Å². The molecule has 0 spiro atoms. The first-order valence-corrected chi connectivity index (χ1v) is 7.98. The predicted octanol–water partition coefficient (Wildman–Crippen LogP) is 4.49. The summed E-state index contributed by atoms with van der Waals surface area (Å²) in [5.74, 6) is 1.57. The highest BCUT2D eigenvalue weighted by Gasteiger charge is 2.12. The molecule has 2 rings (SSSR count). The summed E-state index contributed by atoms with van der Waals surface area (Å²) >= 11 is 13.9. The maximum absolute atomic E-state index is 6.16. The van der Waals surface area contributed by atoms with Gasteiger partial charge in [-0.1, -0.05) is 30.1 Å². The van der Waals surface area contributed by atoms with Gasteiger partial charge in [0, 0.05) is 30.6 Å². The molecular weight excluding hydrogens is 315 g/mol. The molecule has 0 aliphatic rings. The first kappa shape index (κ1) is 15.4. The molecule has 1 unspecified atom stereocenters. The molecule has 1 atom stereocenters. The first-order valence-electron chi connectivity index (χ1n) is 6.35. The molecule has 20 heavy (non-hydrogen) atoms. The number of hydrogen-bond donors (Lipinski definition) is 2. The van der Waals surface area contributed by atoms with Crippen LogP contribution in [0.4, 0.5) is 11.6 Å². The van der Waals surface area contributed by atoms with Crippen LogP contribution in [0.15, 0.2) is 17.6 Å². The highest BCUT2D eigenvalue weighted by molar-refractivity contribution is 7.09. The molecule has 0 fully saturated rings. The average molecular weight is 331 g/mol. The normalized spacial score (nSPS) is 12.2. The van der Waals surface area contributed by atoms with Gasteiger partial charge in [-0.05, 0) is 13.0 Å². The fourth-order valence-corrected chi connectivity index (χ4v) is 2.89. The van der Waals surface area contributed by atoms with Gasteiger partial charge in [0.15, 0.2) is 0 Å². The Morgan fingerprint density at radius 1 is 1.25 bits per heavy atom. The molecule has 0 aliphatic heterocycles. The van der Waals surface area contributed by atoms with Crippen LogP contribution in [0.2, 0.25) is 10.0 Å². The molecule has 2 aromatic heterocycles. The monoisotopic (exact) mass is 330 g/mol. The standard InChI is InChI=1S/C13H16Cl2N4S/c1-3-16-11-9(14)6-10(15)12(19-11)18-7-8(2)13-17-4-5-20-13/h4-6,8H,3,7H2,1-2H3,(H2,16,18,19). The predicted molar refractivity (Wildman–Crippen MR) is 87.4 cm³/mol. The highest BCUT2D eigenvalue weighted by atomic mass is 35.5. The lowest BCUT2D eigenvalue weighted by atomic mass is 10.2. The van der Waals surface area contributed by atoms with Crippen molar-refractivity contribution in [2.45, 2.75) is 19.8 Å². The summed E-state index contributed by atoms with van der Waals surface area (Å²) in [6, 6.07) is 1.70. The zero-order valence-electron chi connectivity index (χ0n) is 11.3. The Morgan fingerprint density at radius 3 is 2.55 bits per heavy atom. The fourth-order valence-electron chi connectivity index (χ4n) is 1.70. The van der Waals surface area contributed by atoms with Gasteiger partial charge in [-0.2, -0.15) is 0 Å². The Hall–Kier alpha value is -1.04. The van der Waals surface area contributed by atoms with Crippen molar-refractivity contribution in [2.24, 2.45) is 0 Å². The number of nitrogens with one attached hydrogen (secondary N) is 2. The van der Waals surface area contributed by atoms with E-state index in [0.717, 1.165) is 11.6 Å². The van der Waals surface area contributed by atoms with E-state index in [-0.39, 0.29) is 0 Å². The maximum atomic E-state index is 6.16. The summed E-state index contributed by atoms with van der Waals surface area (Å²) in [5.41, 5.74) is 0. The van der Waals surface area contributed by atoms with Crippen molar-refractivity contribution >= 4 is 46.2 Å². The van der Waals surface area contributed by atoms with E-state index < -0.39 is 0 Å². The number of hydrogen-bond acceptors (Lipinski definition) is 5. The Kier molecular flexibility index (Phi) is 5.46. The van der Waals surface area contributed by atoms with E-state index in [1.54, 1.807) is 17.4 Å². The van der Waals surface area contributed by atoms with Crippen molar-refractivity contribution < 1.29 is 0 Å².